The first-order valence-corrected chi connectivity index (χ1v) is 14.2. The van der Waals surface area contributed by atoms with Gasteiger partial charge in [-0.2, -0.15) is 5.10 Å². The molecule has 1 amide bonds. The average molecular weight is 583 g/mol. The number of benzene rings is 1. The first-order valence-electron chi connectivity index (χ1n) is 14.2. The highest BCUT2D eigenvalue weighted by molar-refractivity contribution is 5.88. The van der Waals surface area contributed by atoms with Crippen LogP contribution in [0.2, 0.25) is 0 Å². The minimum Gasteiger partial charge on any atom is -0.494 e. The van der Waals surface area contributed by atoms with Gasteiger partial charge in [-0.3, -0.25) is 14.5 Å². The Balaban J connectivity index is 1.81. The van der Waals surface area contributed by atoms with Crippen LogP contribution in [0.3, 0.4) is 0 Å². The molecule has 2 heterocycles. The van der Waals surface area contributed by atoms with E-state index in [-0.39, 0.29) is 24.9 Å². The summed E-state index contributed by atoms with van der Waals surface area (Å²) in [6.07, 6.45) is 4.20. The molecule has 228 valence electrons. The maximum absolute atomic E-state index is 13.2. The van der Waals surface area contributed by atoms with E-state index >= 15 is 0 Å². The average Bonchev–Trinajstić information content (AvgIpc) is 3.31. The van der Waals surface area contributed by atoms with Crippen molar-refractivity contribution in [3.05, 3.63) is 42.7 Å². The Bertz CT molecular complexity index is 1370. The lowest BCUT2D eigenvalue weighted by atomic mass is 10.1. The van der Waals surface area contributed by atoms with Crippen LogP contribution in [0.4, 0.5) is 10.6 Å². The minimum absolute atomic E-state index is 0.142. The van der Waals surface area contributed by atoms with Gasteiger partial charge >= 0.3 is 18.0 Å². The minimum atomic E-state index is -0.719. The first-order chi connectivity index (χ1) is 19.8. The number of rotatable bonds is 12. The van der Waals surface area contributed by atoms with Crippen LogP contribution in [0.1, 0.15) is 74.1 Å². The summed E-state index contributed by atoms with van der Waals surface area (Å²) in [7, 11) is 0. The summed E-state index contributed by atoms with van der Waals surface area (Å²) in [5.74, 6) is 0.433. The van der Waals surface area contributed by atoms with Crippen LogP contribution < -0.4 is 9.64 Å². The van der Waals surface area contributed by atoms with Crippen molar-refractivity contribution >= 4 is 29.5 Å². The van der Waals surface area contributed by atoms with Gasteiger partial charge in [-0.15, -0.1) is 0 Å². The largest absolute Gasteiger partial charge is 0.494 e. The molecule has 3 aromatic rings. The Morgan fingerprint density at radius 2 is 1.64 bits per heavy atom. The van der Waals surface area contributed by atoms with Gasteiger partial charge in [0.15, 0.2) is 5.65 Å². The first kappa shape index (κ1) is 32.4. The third-order valence-electron chi connectivity index (χ3n) is 5.67. The zero-order valence-electron chi connectivity index (χ0n) is 25.6. The van der Waals surface area contributed by atoms with Crippen LogP contribution >= 0.6 is 0 Å². The Morgan fingerprint density at radius 1 is 0.929 bits per heavy atom. The summed E-state index contributed by atoms with van der Waals surface area (Å²) >= 11 is 0. The maximum atomic E-state index is 13.2. The van der Waals surface area contributed by atoms with Crippen molar-refractivity contribution in [2.75, 3.05) is 24.7 Å². The maximum Gasteiger partial charge on any atom is 0.416 e. The van der Waals surface area contributed by atoms with Crippen molar-refractivity contribution in [2.45, 2.75) is 85.4 Å². The van der Waals surface area contributed by atoms with E-state index < -0.39 is 17.3 Å². The molecule has 0 radical (unpaired) electrons. The topological polar surface area (TPSA) is 122 Å². The van der Waals surface area contributed by atoms with Crippen LogP contribution in [0.15, 0.2) is 42.7 Å². The van der Waals surface area contributed by atoms with Gasteiger partial charge < -0.3 is 18.9 Å². The molecule has 0 aliphatic heterocycles. The number of carbonyl (C=O) groups is 3. The summed E-state index contributed by atoms with van der Waals surface area (Å²) < 4.78 is 23.5. The molecule has 0 atom stereocenters. The Morgan fingerprint density at radius 3 is 2.33 bits per heavy atom. The number of carbonyl (C=O) groups excluding carboxylic acids is 3. The second kappa shape index (κ2) is 14.2. The highest BCUT2D eigenvalue weighted by atomic mass is 16.6. The molecule has 0 fully saturated rings. The van der Waals surface area contributed by atoms with Crippen molar-refractivity contribution in [1.29, 1.82) is 0 Å². The number of fused-ring (bicyclic) bond motifs is 1. The van der Waals surface area contributed by atoms with Gasteiger partial charge in [0.2, 0.25) is 0 Å². The molecule has 0 aliphatic rings. The zero-order valence-corrected chi connectivity index (χ0v) is 25.6. The molecule has 11 heteroatoms. The molecule has 1 aromatic carbocycles. The standard InChI is InChI=1S/C31H42N4O7/c1-8-39-26(36)15-11-19-40-23-13-9-12-22(20-23)24-21-32-35-18-16-25(33-28(24)35)34(29(38)42-31(5,6)7)17-10-14-27(37)41-30(2,3)4/h9,12-13,16,18,20-21H,8,10-11,14-15,17,19H2,1-7H3. The van der Waals surface area contributed by atoms with E-state index in [2.05, 4.69) is 5.10 Å². The number of amides is 1. The van der Waals surface area contributed by atoms with Gasteiger partial charge in [-0.25, -0.2) is 14.3 Å². The van der Waals surface area contributed by atoms with E-state index in [4.69, 9.17) is 23.9 Å². The van der Waals surface area contributed by atoms with Crippen molar-refractivity contribution in [3.63, 3.8) is 0 Å². The molecule has 0 unspecified atom stereocenters. The second-order valence-corrected chi connectivity index (χ2v) is 11.7. The second-order valence-electron chi connectivity index (χ2n) is 11.7. The number of esters is 2. The summed E-state index contributed by atoms with van der Waals surface area (Å²) in [5, 5.41) is 4.43. The van der Waals surface area contributed by atoms with E-state index in [9.17, 15) is 14.4 Å². The van der Waals surface area contributed by atoms with Crippen molar-refractivity contribution in [3.8, 4) is 16.9 Å². The van der Waals surface area contributed by atoms with Crippen molar-refractivity contribution in [1.82, 2.24) is 14.6 Å². The Hall–Kier alpha value is -4.15. The van der Waals surface area contributed by atoms with Crippen LogP contribution in [0.5, 0.6) is 5.75 Å². The van der Waals surface area contributed by atoms with E-state index in [1.807, 2.05) is 45.0 Å². The summed E-state index contributed by atoms with van der Waals surface area (Å²) in [6.45, 7) is 13.5. The molecule has 11 nitrogen and oxygen atoms in total. The molecule has 42 heavy (non-hydrogen) atoms. The Kier molecular flexibility index (Phi) is 10.9. The molecule has 0 spiro atoms. The van der Waals surface area contributed by atoms with Crippen LogP contribution in [-0.2, 0) is 23.8 Å². The molecule has 0 bridgehead atoms. The fourth-order valence-corrected chi connectivity index (χ4v) is 4.00. The third-order valence-corrected chi connectivity index (χ3v) is 5.67. The smallest absolute Gasteiger partial charge is 0.416 e. The molecule has 0 saturated heterocycles. The summed E-state index contributed by atoms with van der Waals surface area (Å²) in [5.41, 5.74) is 0.798. The number of anilines is 1. The fourth-order valence-electron chi connectivity index (χ4n) is 4.00. The van der Waals surface area contributed by atoms with Crippen molar-refractivity contribution < 1.29 is 33.3 Å². The van der Waals surface area contributed by atoms with Crippen LogP contribution in [-0.4, -0.2) is 63.6 Å². The molecule has 0 aliphatic carbocycles. The number of hydrogen-bond donors (Lipinski definition) is 0. The predicted molar refractivity (Wildman–Crippen MR) is 158 cm³/mol. The molecule has 0 N–H and O–H groups in total. The van der Waals surface area contributed by atoms with Crippen LogP contribution in [0, 0.1) is 0 Å². The Labute approximate surface area is 247 Å². The molecule has 0 saturated carbocycles. The van der Waals surface area contributed by atoms with Gasteiger partial charge in [0.1, 0.15) is 22.8 Å². The van der Waals surface area contributed by atoms with E-state index in [1.165, 1.54) is 4.90 Å². The normalized spacial score (nSPS) is 11.7. The van der Waals surface area contributed by atoms with Gasteiger partial charge in [0.25, 0.3) is 0 Å². The lowest BCUT2D eigenvalue weighted by molar-refractivity contribution is -0.154. The molecule has 3 rings (SSSR count). The van der Waals surface area contributed by atoms with E-state index in [0.29, 0.717) is 49.7 Å². The summed E-state index contributed by atoms with van der Waals surface area (Å²) in [4.78, 5) is 43.3. The fraction of sp³-hybridized carbons (Fsp3) is 0.516. The summed E-state index contributed by atoms with van der Waals surface area (Å²) in [6, 6.07) is 9.19. The molecule has 2 aromatic heterocycles. The number of hydrogen-bond acceptors (Lipinski definition) is 9. The molecular weight excluding hydrogens is 540 g/mol. The monoisotopic (exact) mass is 582 g/mol. The molecular formula is C31H42N4O7. The third kappa shape index (κ3) is 10.0. The van der Waals surface area contributed by atoms with Crippen molar-refractivity contribution in [2.24, 2.45) is 0 Å². The van der Waals surface area contributed by atoms with Gasteiger partial charge in [0, 0.05) is 31.1 Å². The van der Waals surface area contributed by atoms with E-state index in [1.54, 1.807) is 50.7 Å². The van der Waals surface area contributed by atoms with E-state index in [0.717, 1.165) is 11.1 Å². The predicted octanol–water partition coefficient (Wildman–Crippen LogP) is 5.98. The number of ether oxygens (including phenoxy) is 4. The van der Waals surface area contributed by atoms with Crippen LogP contribution in [0.25, 0.3) is 16.8 Å². The highest BCUT2D eigenvalue weighted by Gasteiger charge is 2.26. The van der Waals surface area contributed by atoms with Gasteiger partial charge in [0.05, 0.1) is 19.4 Å². The van der Waals surface area contributed by atoms with Gasteiger partial charge in [-0.1, -0.05) is 12.1 Å². The SMILES string of the molecule is CCOC(=O)CCCOc1cccc(-c2cnn3ccc(N(CCCC(=O)OC(C)(C)C)C(=O)OC(C)(C)C)nc23)c1. The van der Waals surface area contributed by atoms with Gasteiger partial charge in [-0.05, 0) is 85.1 Å². The number of nitrogens with zero attached hydrogens (tertiary/aromatic N) is 4. The highest BCUT2D eigenvalue weighted by Crippen LogP contribution is 2.28. The quantitative estimate of drug-likeness (QED) is 0.144. The lowest BCUT2D eigenvalue weighted by Gasteiger charge is -2.27. The zero-order chi connectivity index (χ0) is 30.9. The lowest BCUT2D eigenvalue weighted by Crippen LogP contribution is -2.38. The number of aromatic nitrogens is 3.